The van der Waals surface area contributed by atoms with Gasteiger partial charge in [0.25, 0.3) is 0 Å². The van der Waals surface area contributed by atoms with Gasteiger partial charge in [0.1, 0.15) is 5.82 Å². The number of halogens is 1. The van der Waals surface area contributed by atoms with Gasteiger partial charge in [-0.1, -0.05) is 12.1 Å². The van der Waals surface area contributed by atoms with E-state index in [4.69, 9.17) is 0 Å². The van der Waals surface area contributed by atoms with E-state index in [1.54, 1.807) is 16.8 Å². The quantitative estimate of drug-likeness (QED) is 0.594. The lowest BCUT2D eigenvalue weighted by atomic mass is 10.1. The van der Waals surface area contributed by atoms with Crippen molar-refractivity contribution in [3.8, 4) is 0 Å². The first-order valence-electron chi connectivity index (χ1n) is 8.41. The monoisotopic (exact) mass is 346 g/mol. The highest BCUT2D eigenvalue weighted by Crippen LogP contribution is 2.16. The smallest absolute Gasteiger partial charge is 0.191 e. The Labute approximate surface area is 148 Å². The van der Waals surface area contributed by atoms with Crippen LogP contribution in [0.15, 0.2) is 41.7 Å². The van der Waals surface area contributed by atoms with E-state index in [0.29, 0.717) is 13.1 Å². The Kier molecular flexibility index (Phi) is 6.94. The van der Waals surface area contributed by atoms with Crippen molar-refractivity contribution in [1.29, 1.82) is 0 Å². The molecule has 1 aromatic carbocycles. The molecule has 0 aliphatic carbocycles. The molecule has 1 unspecified atom stereocenters. The van der Waals surface area contributed by atoms with Gasteiger partial charge in [-0.2, -0.15) is 5.10 Å². The van der Waals surface area contributed by atoms with Crippen molar-refractivity contribution in [2.45, 2.75) is 19.5 Å². The summed E-state index contributed by atoms with van der Waals surface area (Å²) in [5.74, 6) is 0.505. The first kappa shape index (κ1) is 18.9. The predicted octanol–water partition coefficient (Wildman–Crippen LogP) is 1.92. The summed E-state index contributed by atoms with van der Waals surface area (Å²) in [5.41, 5.74) is 2.12. The summed E-state index contributed by atoms with van der Waals surface area (Å²) in [7, 11) is 6.00. The molecule has 0 aliphatic rings. The van der Waals surface area contributed by atoms with Gasteiger partial charge in [0.2, 0.25) is 0 Å². The van der Waals surface area contributed by atoms with Gasteiger partial charge in [0.15, 0.2) is 5.96 Å². The SMILES string of the molecule is CCNC(=NCc1ccc(F)cc1)NCC(c1cnn(C)c1)N(C)C. The topological polar surface area (TPSA) is 57.5 Å². The molecule has 2 aromatic rings. The fourth-order valence-corrected chi connectivity index (χ4v) is 2.51. The number of nitrogens with zero attached hydrogens (tertiary/aromatic N) is 4. The van der Waals surface area contributed by atoms with Crippen LogP contribution in [0, 0.1) is 5.82 Å². The van der Waals surface area contributed by atoms with Gasteiger partial charge < -0.3 is 15.5 Å². The molecule has 1 atom stereocenters. The Hall–Kier alpha value is -2.41. The van der Waals surface area contributed by atoms with Crippen LogP contribution in [0.25, 0.3) is 0 Å². The van der Waals surface area contributed by atoms with Crippen molar-refractivity contribution in [3.63, 3.8) is 0 Å². The standard InChI is InChI=1S/C18H27FN6/c1-5-20-18(21-10-14-6-8-16(19)9-7-14)22-12-17(24(2)3)15-11-23-25(4)13-15/h6-9,11,13,17H,5,10,12H2,1-4H3,(H2,20,21,22). The number of benzene rings is 1. The lowest BCUT2D eigenvalue weighted by Gasteiger charge is -2.24. The lowest BCUT2D eigenvalue weighted by Crippen LogP contribution is -2.41. The van der Waals surface area contributed by atoms with Crippen LogP contribution in [-0.2, 0) is 13.6 Å². The number of rotatable bonds is 7. The number of aliphatic imine (C=N–C) groups is 1. The first-order valence-corrected chi connectivity index (χ1v) is 8.41. The average molecular weight is 346 g/mol. The third kappa shape index (κ3) is 5.86. The molecule has 0 fully saturated rings. The second-order valence-corrected chi connectivity index (χ2v) is 6.13. The summed E-state index contributed by atoms with van der Waals surface area (Å²) in [6, 6.07) is 6.59. The minimum absolute atomic E-state index is 0.184. The van der Waals surface area contributed by atoms with Crippen LogP contribution >= 0.6 is 0 Å². The van der Waals surface area contributed by atoms with Gasteiger partial charge in [0, 0.05) is 31.9 Å². The molecule has 0 saturated heterocycles. The van der Waals surface area contributed by atoms with Gasteiger partial charge in [-0.3, -0.25) is 4.68 Å². The molecule has 0 saturated carbocycles. The molecule has 2 N–H and O–H groups in total. The number of guanidine groups is 1. The summed E-state index contributed by atoms with van der Waals surface area (Å²) in [4.78, 5) is 6.72. The van der Waals surface area contributed by atoms with Crippen LogP contribution in [0.5, 0.6) is 0 Å². The number of hydrogen-bond donors (Lipinski definition) is 2. The van der Waals surface area contributed by atoms with Crippen molar-refractivity contribution in [2.75, 3.05) is 27.2 Å². The van der Waals surface area contributed by atoms with Crippen molar-refractivity contribution in [3.05, 3.63) is 53.6 Å². The van der Waals surface area contributed by atoms with E-state index in [0.717, 1.165) is 23.6 Å². The zero-order valence-corrected chi connectivity index (χ0v) is 15.3. The Bertz CT molecular complexity index is 677. The summed E-state index contributed by atoms with van der Waals surface area (Å²) >= 11 is 0. The molecule has 0 amide bonds. The Morgan fingerprint density at radius 2 is 2.00 bits per heavy atom. The molecule has 0 bridgehead atoms. The highest BCUT2D eigenvalue weighted by molar-refractivity contribution is 5.79. The van der Waals surface area contributed by atoms with E-state index in [9.17, 15) is 4.39 Å². The van der Waals surface area contributed by atoms with Crippen molar-refractivity contribution >= 4 is 5.96 Å². The second kappa shape index (κ2) is 9.17. The zero-order valence-electron chi connectivity index (χ0n) is 15.3. The van der Waals surface area contributed by atoms with Gasteiger partial charge in [-0.15, -0.1) is 0 Å². The Balaban J connectivity index is 2.01. The molecule has 6 nitrogen and oxygen atoms in total. The largest absolute Gasteiger partial charge is 0.357 e. The van der Waals surface area contributed by atoms with Gasteiger partial charge in [-0.05, 0) is 38.7 Å². The third-order valence-corrected chi connectivity index (χ3v) is 3.87. The molecular weight excluding hydrogens is 319 g/mol. The van der Waals surface area contributed by atoms with E-state index in [-0.39, 0.29) is 11.9 Å². The predicted molar refractivity (Wildman–Crippen MR) is 98.9 cm³/mol. The van der Waals surface area contributed by atoms with Gasteiger partial charge in [-0.25, -0.2) is 9.38 Å². The maximum atomic E-state index is 13.0. The van der Waals surface area contributed by atoms with Crippen LogP contribution in [0.3, 0.4) is 0 Å². The normalized spacial score (nSPS) is 13.1. The fourth-order valence-electron chi connectivity index (χ4n) is 2.51. The van der Waals surface area contributed by atoms with Gasteiger partial charge in [0.05, 0.1) is 18.8 Å². The summed E-state index contributed by atoms with van der Waals surface area (Å²) < 4.78 is 14.8. The summed E-state index contributed by atoms with van der Waals surface area (Å²) in [6.45, 7) is 4.00. The maximum absolute atomic E-state index is 13.0. The fraction of sp³-hybridized carbons (Fsp3) is 0.444. The molecule has 2 rings (SSSR count). The van der Waals surface area contributed by atoms with E-state index in [1.807, 2.05) is 40.5 Å². The van der Waals surface area contributed by atoms with Crippen LogP contribution in [0.4, 0.5) is 4.39 Å². The summed E-state index contributed by atoms with van der Waals surface area (Å²) in [5, 5.41) is 10.9. The van der Waals surface area contributed by atoms with E-state index >= 15 is 0 Å². The van der Waals surface area contributed by atoms with Crippen molar-refractivity contribution in [1.82, 2.24) is 25.3 Å². The molecule has 7 heteroatoms. The van der Waals surface area contributed by atoms with E-state index < -0.39 is 0 Å². The molecule has 1 aromatic heterocycles. The number of hydrogen-bond acceptors (Lipinski definition) is 3. The second-order valence-electron chi connectivity index (χ2n) is 6.13. The average Bonchev–Trinajstić information content (AvgIpc) is 3.00. The molecule has 136 valence electrons. The molecule has 0 spiro atoms. The Morgan fingerprint density at radius 1 is 1.28 bits per heavy atom. The minimum Gasteiger partial charge on any atom is -0.357 e. The number of aromatic nitrogens is 2. The zero-order chi connectivity index (χ0) is 18.2. The number of aryl methyl sites for hydroxylation is 1. The highest BCUT2D eigenvalue weighted by Gasteiger charge is 2.16. The minimum atomic E-state index is -0.233. The number of likely N-dealkylation sites (N-methyl/N-ethyl adjacent to an activating group) is 1. The van der Waals surface area contributed by atoms with Crippen molar-refractivity contribution in [2.24, 2.45) is 12.0 Å². The number of nitrogens with one attached hydrogen (secondary N) is 2. The highest BCUT2D eigenvalue weighted by atomic mass is 19.1. The molecule has 1 heterocycles. The van der Waals surface area contributed by atoms with Crippen LogP contribution in [-0.4, -0.2) is 47.8 Å². The molecular formula is C18H27FN6. The van der Waals surface area contributed by atoms with E-state index in [1.165, 1.54) is 12.1 Å². The Morgan fingerprint density at radius 3 is 2.56 bits per heavy atom. The molecule has 25 heavy (non-hydrogen) atoms. The molecule has 0 radical (unpaired) electrons. The van der Waals surface area contributed by atoms with Crippen LogP contribution in [0.2, 0.25) is 0 Å². The van der Waals surface area contributed by atoms with E-state index in [2.05, 4.69) is 25.6 Å². The molecule has 0 aliphatic heterocycles. The third-order valence-electron chi connectivity index (χ3n) is 3.87. The first-order chi connectivity index (χ1) is 12.0. The van der Waals surface area contributed by atoms with Gasteiger partial charge >= 0.3 is 0 Å². The summed E-state index contributed by atoms with van der Waals surface area (Å²) in [6.07, 6.45) is 3.91. The maximum Gasteiger partial charge on any atom is 0.191 e. The lowest BCUT2D eigenvalue weighted by molar-refractivity contribution is 0.298. The van der Waals surface area contributed by atoms with Crippen molar-refractivity contribution < 1.29 is 4.39 Å². The van der Waals surface area contributed by atoms with Crippen LogP contribution < -0.4 is 10.6 Å². The van der Waals surface area contributed by atoms with Crippen LogP contribution in [0.1, 0.15) is 24.1 Å².